The van der Waals surface area contributed by atoms with Crippen LogP contribution in [0, 0.1) is 0 Å². The molecule has 23 heavy (non-hydrogen) atoms. The van der Waals surface area contributed by atoms with Gasteiger partial charge in [-0.2, -0.15) is 0 Å². The second kappa shape index (κ2) is 4.92. The van der Waals surface area contributed by atoms with Crippen molar-refractivity contribution in [3.05, 3.63) is 71.6 Å². The molecule has 1 heterocycles. The van der Waals surface area contributed by atoms with E-state index in [9.17, 15) is 0 Å². The maximum Gasteiger partial charge on any atom is 0.148 e. The Kier molecular flexibility index (Phi) is 2.74. The predicted octanol–water partition coefficient (Wildman–Crippen LogP) is 4.84. The fourth-order valence-electron chi connectivity index (χ4n) is 4.05. The summed E-state index contributed by atoms with van der Waals surface area (Å²) in [5, 5.41) is 13.1. The molecule has 3 aromatic carbocycles. The smallest absolute Gasteiger partial charge is 0.148 e. The van der Waals surface area contributed by atoms with Crippen LogP contribution in [0.3, 0.4) is 0 Å². The molecule has 1 aromatic heterocycles. The first-order valence-corrected chi connectivity index (χ1v) is 8.12. The maximum atomic E-state index is 5.00. The van der Waals surface area contributed by atoms with Crippen molar-refractivity contribution in [2.75, 3.05) is 0 Å². The quantitative estimate of drug-likeness (QED) is 0.472. The third kappa shape index (κ3) is 1.89. The Hall–Kier alpha value is -2.68. The third-order valence-corrected chi connectivity index (χ3v) is 5.08. The minimum atomic E-state index is 0.287. The first-order chi connectivity index (χ1) is 11.4. The molecule has 4 aromatic rings. The first-order valence-electron chi connectivity index (χ1n) is 8.12. The van der Waals surface area contributed by atoms with Crippen LogP contribution in [-0.2, 0) is 6.42 Å². The number of hydrogen-bond donors (Lipinski definition) is 0. The standard InChI is InChI=1S/C20H16N2O/c1-2-6-15-13(4-1)8-11-17-16(15)10-9-14-5-3-7-18(20(14)17)19-12-23-22-21-19/h1-2,4,6,8-12,18H,3,5,7H2. The topological polar surface area (TPSA) is 38.9 Å². The molecule has 0 saturated carbocycles. The van der Waals surface area contributed by atoms with Gasteiger partial charge < -0.3 is 4.52 Å². The Morgan fingerprint density at radius 2 is 1.83 bits per heavy atom. The molecular formula is C20H16N2O. The van der Waals surface area contributed by atoms with Gasteiger partial charge in [0.2, 0.25) is 0 Å². The lowest BCUT2D eigenvalue weighted by atomic mass is 9.78. The Balaban J connectivity index is 1.86. The largest absolute Gasteiger partial charge is 0.345 e. The van der Waals surface area contributed by atoms with E-state index in [1.807, 2.05) is 0 Å². The van der Waals surface area contributed by atoms with E-state index in [1.54, 1.807) is 6.26 Å². The molecule has 0 aliphatic heterocycles. The van der Waals surface area contributed by atoms with Crippen LogP contribution < -0.4 is 0 Å². The zero-order valence-corrected chi connectivity index (χ0v) is 12.7. The Morgan fingerprint density at radius 1 is 0.913 bits per heavy atom. The molecule has 1 aliphatic carbocycles. The van der Waals surface area contributed by atoms with Gasteiger partial charge in [-0.1, -0.05) is 48.5 Å². The van der Waals surface area contributed by atoms with Gasteiger partial charge in [0, 0.05) is 11.2 Å². The molecule has 0 bridgehead atoms. The number of nitrogens with zero attached hydrogens (tertiary/aromatic N) is 2. The van der Waals surface area contributed by atoms with E-state index >= 15 is 0 Å². The highest BCUT2D eigenvalue weighted by molar-refractivity contribution is 6.09. The lowest BCUT2D eigenvalue weighted by molar-refractivity contribution is 0.392. The van der Waals surface area contributed by atoms with Gasteiger partial charge in [0.05, 0.1) is 0 Å². The number of rotatable bonds is 1. The van der Waals surface area contributed by atoms with Crippen LogP contribution >= 0.6 is 0 Å². The SMILES string of the molecule is c1ccc2c(c1)ccc1c3c(ccc12)CCCC3c1conn1. The summed E-state index contributed by atoms with van der Waals surface area (Å²) in [6.07, 6.45) is 5.12. The summed E-state index contributed by atoms with van der Waals surface area (Å²) in [6, 6.07) is 17.7. The molecule has 3 nitrogen and oxygen atoms in total. The molecule has 1 unspecified atom stereocenters. The number of aromatic nitrogens is 2. The highest BCUT2D eigenvalue weighted by Crippen LogP contribution is 2.41. The van der Waals surface area contributed by atoms with Crippen LogP contribution in [0.4, 0.5) is 0 Å². The molecule has 0 spiro atoms. The van der Waals surface area contributed by atoms with Gasteiger partial charge in [-0.25, -0.2) is 0 Å². The molecule has 0 N–H and O–H groups in total. The normalized spacial score (nSPS) is 17.5. The van der Waals surface area contributed by atoms with Gasteiger partial charge in [-0.05, 0) is 51.9 Å². The molecule has 5 rings (SSSR count). The molecule has 0 amide bonds. The second-order valence-corrected chi connectivity index (χ2v) is 6.29. The summed E-state index contributed by atoms with van der Waals surface area (Å²) in [5.74, 6) is 0.287. The summed E-state index contributed by atoms with van der Waals surface area (Å²) in [7, 11) is 0. The van der Waals surface area contributed by atoms with Crippen LogP contribution in [0.25, 0.3) is 21.5 Å². The van der Waals surface area contributed by atoms with E-state index in [4.69, 9.17) is 4.52 Å². The highest BCUT2D eigenvalue weighted by atomic mass is 16.5. The minimum Gasteiger partial charge on any atom is -0.345 e. The molecule has 112 valence electrons. The molecule has 1 aliphatic rings. The lowest BCUT2D eigenvalue weighted by Gasteiger charge is -2.25. The Labute approximate surface area is 133 Å². The second-order valence-electron chi connectivity index (χ2n) is 6.29. The van der Waals surface area contributed by atoms with Gasteiger partial charge in [0.1, 0.15) is 12.0 Å². The number of fused-ring (bicyclic) bond motifs is 5. The first kappa shape index (κ1) is 12.8. The fraction of sp³-hybridized carbons (Fsp3) is 0.200. The molecule has 1 atom stereocenters. The lowest BCUT2D eigenvalue weighted by Crippen LogP contribution is -2.12. The van der Waals surface area contributed by atoms with Crippen molar-refractivity contribution in [1.82, 2.24) is 10.4 Å². The zero-order chi connectivity index (χ0) is 15.2. The van der Waals surface area contributed by atoms with Crippen molar-refractivity contribution >= 4 is 21.5 Å². The molecule has 0 saturated heterocycles. The van der Waals surface area contributed by atoms with E-state index in [1.165, 1.54) is 39.1 Å². The molecule has 3 heteroatoms. The van der Waals surface area contributed by atoms with Crippen molar-refractivity contribution in [2.24, 2.45) is 0 Å². The summed E-state index contributed by atoms with van der Waals surface area (Å²) in [4.78, 5) is 0. The van der Waals surface area contributed by atoms with Crippen molar-refractivity contribution in [1.29, 1.82) is 0 Å². The summed E-state index contributed by atoms with van der Waals surface area (Å²) >= 11 is 0. The fourth-order valence-corrected chi connectivity index (χ4v) is 4.05. The van der Waals surface area contributed by atoms with Crippen LogP contribution in [0.1, 0.15) is 35.6 Å². The highest BCUT2D eigenvalue weighted by Gasteiger charge is 2.26. The average Bonchev–Trinajstić information content (AvgIpc) is 3.15. The molecular weight excluding hydrogens is 284 g/mol. The van der Waals surface area contributed by atoms with Crippen molar-refractivity contribution in [3.8, 4) is 0 Å². The predicted molar refractivity (Wildman–Crippen MR) is 90.5 cm³/mol. The molecule has 0 fully saturated rings. The van der Waals surface area contributed by atoms with Gasteiger partial charge in [-0.15, -0.1) is 5.10 Å². The van der Waals surface area contributed by atoms with E-state index in [-0.39, 0.29) is 5.92 Å². The van der Waals surface area contributed by atoms with Gasteiger partial charge in [-0.3, -0.25) is 0 Å². The van der Waals surface area contributed by atoms with Crippen molar-refractivity contribution < 1.29 is 4.52 Å². The zero-order valence-electron chi connectivity index (χ0n) is 12.7. The van der Waals surface area contributed by atoms with Crippen LogP contribution in [-0.4, -0.2) is 10.4 Å². The summed E-state index contributed by atoms with van der Waals surface area (Å²) in [5.41, 5.74) is 3.80. The van der Waals surface area contributed by atoms with E-state index < -0.39 is 0 Å². The van der Waals surface area contributed by atoms with Crippen molar-refractivity contribution in [2.45, 2.75) is 25.2 Å². The van der Waals surface area contributed by atoms with Crippen LogP contribution in [0.2, 0.25) is 0 Å². The minimum absolute atomic E-state index is 0.287. The van der Waals surface area contributed by atoms with E-state index in [2.05, 4.69) is 58.9 Å². The Morgan fingerprint density at radius 3 is 2.74 bits per heavy atom. The average molecular weight is 300 g/mol. The van der Waals surface area contributed by atoms with Crippen LogP contribution in [0.15, 0.2) is 59.3 Å². The third-order valence-electron chi connectivity index (χ3n) is 5.08. The van der Waals surface area contributed by atoms with E-state index in [0.717, 1.165) is 18.5 Å². The van der Waals surface area contributed by atoms with Gasteiger partial charge in [0.25, 0.3) is 0 Å². The van der Waals surface area contributed by atoms with E-state index in [0.29, 0.717) is 0 Å². The van der Waals surface area contributed by atoms with Crippen LogP contribution in [0.5, 0.6) is 0 Å². The van der Waals surface area contributed by atoms with Gasteiger partial charge in [0.15, 0.2) is 0 Å². The number of hydrogen-bond acceptors (Lipinski definition) is 3. The number of benzene rings is 3. The maximum absolute atomic E-state index is 5.00. The van der Waals surface area contributed by atoms with Gasteiger partial charge >= 0.3 is 0 Å². The summed E-state index contributed by atoms with van der Waals surface area (Å²) in [6.45, 7) is 0. The summed E-state index contributed by atoms with van der Waals surface area (Å²) < 4.78 is 5.00. The van der Waals surface area contributed by atoms with Crippen molar-refractivity contribution in [3.63, 3.8) is 0 Å². The Bertz CT molecular complexity index is 1000. The molecule has 0 radical (unpaired) electrons. The number of aryl methyl sites for hydroxylation is 1. The monoisotopic (exact) mass is 300 g/mol.